The number of rotatable bonds is 11. The molecule has 0 bridgehead atoms. The second kappa shape index (κ2) is 11.1. The highest BCUT2D eigenvalue weighted by Gasteiger charge is 2.18. The van der Waals surface area contributed by atoms with Gasteiger partial charge in [0.1, 0.15) is 6.61 Å². The topological polar surface area (TPSA) is 112 Å². The third kappa shape index (κ3) is 6.71. The molecule has 3 aromatic rings. The third-order valence-corrected chi connectivity index (χ3v) is 4.65. The van der Waals surface area contributed by atoms with Crippen LogP contribution in [-0.2, 0) is 22.6 Å². The highest BCUT2D eigenvalue weighted by molar-refractivity contribution is 5.77. The Bertz CT molecular complexity index is 1040. The lowest BCUT2D eigenvalue weighted by Crippen LogP contribution is -2.38. The van der Waals surface area contributed by atoms with Gasteiger partial charge in [-0.15, -0.1) is 0 Å². The van der Waals surface area contributed by atoms with E-state index in [4.69, 9.17) is 9.26 Å². The van der Waals surface area contributed by atoms with Gasteiger partial charge in [0.25, 0.3) is 5.69 Å². The molecule has 168 valence electrons. The summed E-state index contributed by atoms with van der Waals surface area (Å²) in [7, 11) is 0. The molecule has 3 rings (SSSR count). The van der Waals surface area contributed by atoms with Gasteiger partial charge < -0.3 is 14.2 Å². The third-order valence-electron chi connectivity index (χ3n) is 4.65. The van der Waals surface area contributed by atoms with Gasteiger partial charge in [-0.05, 0) is 11.5 Å². The first-order valence-corrected chi connectivity index (χ1v) is 10.4. The second-order valence-electron chi connectivity index (χ2n) is 7.78. The van der Waals surface area contributed by atoms with Crippen molar-refractivity contribution >= 4 is 11.6 Å². The minimum Gasteiger partial charge on any atom is -0.367 e. The van der Waals surface area contributed by atoms with Gasteiger partial charge in [0, 0.05) is 37.2 Å². The van der Waals surface area contributed by atoms with E-state index in [0.29, 0.717) is 37.6 Å². The molecule has 1 heterocycles. The Morgan fingerprint density at radius 3 is 2.69 bits per heavy atom. The first kappa shape index (κ1) is 23.1. The van der Waals surface area contributed by atoms with Gasteiger partial charge in [-0.25, -0.2) is 0 Å². The number of nitro groups is 1. The molecule has 0 aliphatic rings. The molecular formula is C23H26N4O5. The van der Waals surface area contributed by atoms with E-state index in [9.17, 15) is 14.9 Å². The van der Waals surface area contributed by atoms with E-state index in [1.54, 1.807) is 17.0 Å². The van der Waals surface area contributed by atoms with Crippen molar-refractivity contribution in [3.63, 3.8) is 0 Å². The fraction of sp³-hybridized carbons (Fsp3) is 0.348. The van der Waals surface area contributed by atoms with Gasteiger partial charge in [0.15, 0.2) is 0 Å². The quantitative estimate of drug-likeness (QED) is 0.330. The zero-order valence-electron chi connectivity index (χ0n) is 18.1. The summed E-state index contributed by atoms with van der Waals surface area (Å²) in [4.78, 5) is 29.2. The standard InChI is InChI=1S/C23H26N4O5/c1-17(2)14-26(22(28)16-31-15-18-7-4-3-5-8-18)12-11-21-24-23(25-32-21)19-9-6-10-20(13-19)27(29)30/h3-10,13,17H,11-12,14-16H2,1-2H3. The molecule has 0 aliphatic heterocycles. The molecule has 0 saturated heterocycles. The Morgan fingerprint density at radius 1 is 1.19 bits per heavy atom. The maximum atomic E-state index is 12.7. The van der Waals surface area contributed by atoms with Crippen LogP contribution < -0.4 is 0 Å². The summed E-state index contributed by atoms with van der Waals surface area (Å²) in [6, 6.07) is 15.7. The van der Waals surface area contributed by atoms with E-state index < -0.39 is 4.92 Å². The lowest BCUT2D eigenvalue weighted by molar-refractivity contribution is -0.384. The van der Waals surface area contributed by atoms with E-state index >= 15 is 0 Å². The first-order chi connectivity index (χ1) is 15.4. The number of hydrogen-bond acceptors (Lipinski definition) is 7. The van der Waals surface area contributed by atoms with Crippen LogP contribution in [0.1, 0.15) is 25.3 Å². The minimum absolute atomic E-state index is 0.00954. The molecule has 9 nitrogen and oxygen atoms in total. The minimum atomic E-state index is -0.472. The lowest BCUT2D eigenvalue weighted by Gasteiger charge is -2.24. The number of carbonyl (C=O) groups is 1. The zero-order chi connectivity index (χ0) is 22.9. The Balaban J connectivity index is 1.57. The van der Waals surface area contributed by atoms with Gasteiger partial charge in [-0.3, -0.25) is 14.9 Å². The van der Waals surface area contributed by atoms with Crippen molar-refractivity contribution < 1.29 is 19.0 Å². The highest BCUT2D eigenvalue weighted by Crippen LogP contribution is 2.21. The number of nitro benzene ring substituents is 1. The molecule has 0 spiro atoms. The van der Waals surface area contributed by atoms with Crippen molar-refractivity contribution in [2.45, 2.75) is 26.9 Å². The molecule has 0 atom stereocenters. The monoisotopic (exact) mass is 438 g/mol. The Hall–Kier alpha value is -3.59. The highest BCUT2D eigenvalue weighted by atomic mass is 16.6. The average Bonchev–Trinajstić information content (AvgIpc) is 3.26. The molecule has 0 radical (unpaired) electrons. The largest absolute Gasteiger partial charge is 0.367 e. The molecule has 0 N–H and O–H groups in total. The van der Waals surface area contributed by atoms with Crippen LogP contribution in [0.15, 0.2) is 59.1 Å². The van der Waals surface area contributed by atoms with Crippen LogP contribution >= 0.6 is 0 Å². The molecule has 0 aliphatic carbocycles. The molecule has 32 heavy (non-hydrogen) atoms. The van der Waals surface area contributed by atoms with E-state index in [1.165, 1.54) is 12.1 Å². The van der Waals surface area contributed by atoms with Crippen molar-refractivity contribution in [2.75, 3.05) is 19.7 Å². The van der Waals surface area contributed by atoms with Crippen molar-refractivity contribution in [2.24, 2.45) is 5.92 Å². The number of aromatic nitrogens is 2. The van der Waals surface area contributed by atoms with Gasteiger partial charge in [0.05, 0.1) is 11.5 Å². The molecule has 0 saturated carbocycles. The number of non-ortho nitro benzene ring substituents is 1. The second-order valence-corrected chi connectivity index (χ2v) is 7.78. The van der Waals surface area contributed by atoms with Gasteiger partial charge in [-0.2, -0.15) is 4.98 Å². The molecule has 0 fully saturated rings. The predicted molar refractivity (Wildman–Crippen MR) is 118 cm³/mol. The van der Waals surface area contributed by atoms with Crippen LogP contribution in [0.3, 0.4) is 0 Å². The summed E-state index contributed by atoms with van der Waals surface area (Å²) in [6.45, 7) is 5.43. The average molecular weight is 438 g/mol. The zero-order valence-corrected chi connectivity index (χ0v) is 18.1. The Morgan fingerprint density at radius 2 is 1.97 bits per heavy atom. The van der Waals surface area contributed by atoms with Gasteiger partial charge in [-0.1, -0.05) is 61.5 Å². The van der Waals surface area contributed by atoms with Crippen molar-refractivity contribution in [1.29, 1.82) is 0 Å². The molecule has 9 heteroatoms. The summed E-state index contributed by atoms with van der Waals surface area (Å²) in [5.74, 6) is 0.819. The van der Waals surface area contributed by atoms with Crippen molar-refractivity contribution in [3.05, 3.63) is 76.2 Å². The lowest BCUT2D eigenvalue weighted by atomic mass is 10.2. The molecule has 0 unspecified atom stereocenters. The van der Waals surface area contributed by atoms with E-state index in [2.05, 4.69) is 10.1 Å². The number of hydrogen-bond donors (Lipinski definition) is 0. The Labute approximate surface area is 186 Å². The molecular weight excluding hydrogens is 412 g/mol. The van der Waals surface area contributed by atoms with Crippen LogP contribution in [0.25, 0.3) is 11.4 Å². The summed E-state index contributed by atoms with van der Waals surface area (Å²) in [5, 5.41) is 14.9. The predicted octanol–water partition coefficient (Wildman–Crippen LogP) is 3.89. The summed E-state index contributed by atoms with van der Waals surface area (Å²) >= 11 is 0. The number of benzene rings is 2. The summed E-state index contributed by atoms with van der Waals surface area (Å²) < 4.78 is 10.9. The van der Waals surface area contributed by atoms with Crippen LogP contribution in [-0.4, -0.2) is 45.6 Å². The number of carbonyl (C=O) groups excluding carboxylic acids is 1. The maximum absolute atomic E-state index is 12.7. The molecule has 1 amide bonds. The smallest absolute Gasteiger partial charge is 0.270 e. The number of ether oxygens (including phenoxy) is 1. The fourth-order valence-corrected chi connectivity index (χ4v) is 3.14. The summed E-state index contributed by atoms with van der Waals surface area (Å²) in [6.07, 6.45) is 0.374. The van der Waals surface area contributed by atoms with Crippen molar-refractivity contribution in [1.82, 2.24) is 15.0 Å². The maximum Gasteiger partial charge on any atom is 0.270 e. The van der Waals surface area contributed by atoms with Gasteiger partial charge in [0.2, 0.25) is 17.6 Å². The van der Waals surface area contributed by atoms with E-state index in [1.807, 2.05) is 44.2 Å². The van der Waals surface area contributed by atoms with E-state index in [0.717, 1.165) is 5.56 Å². The molecule has 2 aromatic carbocycles. The summed E-state index contributed by atoms with van der Waals surface area (Å²) in [5.41, 5.74) is 1.46. The van der Waals surface area contributed by atoms with Crippen LogP contribution in [0.2, 0.25) is 0 Å². The van der Waals surface area contributed by atoms with E-state index in [-0.39, 0.29) is 29.9 Å². The number of amides is 1. The fourth-order valence-electron chi connectivity index (χ4n) is 3.14. The normalized spacial score (nSPS) is 11.0. The SMILES string of the molecule is CC(C)CN(CCc1nc(-c2cccc([N+](=O)[O-])c2)no1)C(=O)COCc1ccccc1. The Kier molecular flexibility index (Phi) is 8.04. The first-order valence-electron chi connectivity index (χ1n) is 10.4. The van der Waals surface area contributed by atoms with Crippen molar-refractivity contribution in [3.8, 4) is 11.4 Å². The molecule has 1 aromatic heterocycles. The number of nitrogens with zero attached hydrogens (tertiary/aromatic N) is 4. The van der Waals surface area contributed by atoms with Crippen LogP contribution in [0.4, 0.5) is 5.69 Å². The van der Waals surface area contributed by atoms with Crippen LogP contribution in [0, 0.1) is 16.0 Å². The van der Waals surface area contributed by atoms with Crippen LogP contribution in [0.5, 0.6) is 0 Å². The van der Waals surface area contributed by atoms with Gasteiger partial charge >= 0.3 is 0 Å².